The topological polar surface area (TPSA) is 89.0 Å². The Labute approximate surface area is 179 Å². The van der Waals surface area contributed by atoms with E-state index < -0.39 is 0 Å². The van der Waals surface area contributed by atoms with Crippen molar-refractivity contribution < 1.29 is 19.1 Å². The predicted octanol–water partition coefficient (Wildman–Crippen LogP) is 3.41. The molecule has 0 aliphatic carbocycles. The Kier molecular flexibility index (Phi) is 7.13. The van der Waals surface area contributed by atoms with Crippen LogP contribution in [0.2, 0.25) is 0 Å². The van der Waals surface area contributed by atoms with Crippen LogP contribution in [0, 0.1) is 6.92 Å². The minimum atomic E-state index is -0.207. The van der Waals surface area contributed by atoms with E-state index >= 15 is 0 Å². The van der Waals surface area contributed by atoms with E-state index in [0.717, 1.165) is 16.8 Å². The van der Waals surface area contributed by atoms with Gasteiger partial charge in [0.05, 0.1) is 17.7 Å². The number of carbonyl (C=O) groups excluding carboxylic acids is 2. The van der Waals surface area contributed by atoms with Gasteiger partial charge in [0.2, 0.25) is 0 Å². The van der Waals surface area contributed by atoms with E-state index in [4.69, 9.17) is 9.47 Å². The maximum absolute atomic E-state index is 12.3. The number of hydrogen-bond donors (Lipinski definition) is 2. The van der Waals surface area contributed by atoms with Gasteiger partial charge in [0, 0.05) is 6.54 Å². The first-order valence-electron chi connectivity index (χ1n) is 9.42. The maximum Gasteiger partial charge on any atom is 0.264 e. The van der Waals surface area contributed by atoms with E-state index in [1.165, 1.54) is 18.9 Å². The number of benzene rings is 2. The average Bonchev–Trinajstić information content (AvgIpc) is 3.05. The van der Waals surface area contributed by atoms with Gasteiger partial charge < -0.3 is 20.1 Å². The van der Waals surface area contributed by atoms with Crippen LogP contribution in [-0.2, 0) is 9.59 Å². The van der Waals surface area contributed by atoms with Crippen LogP contribution in [0.15, 0.2) is 52.4 Å². The number of thioether (sulfide) groups is 1. The molecule has 30 heavy (non-hydrogen) atoms. The molecule has 1 saturated heterocycles. The van der Waals surface area contributed by atoms with Gasteiger partial charge in [-0.1, -0.05) is 18.2 Å². The Morgan fingerprint density at radius 1 is 1.23 bits per heavy atom. The summed E-state index contributed by atoms with van der Waals surface area (Å²) in [4.78, 5) is 28.9. The summed E-state index contributed by atoms with van der Waals surface area (Å²) in [6, 6.07) is 13.0. The quantitative estimate of drug-likeness (QED) is 0.664. The molecule has 0 unspecified atom stereocenters. The third-order valence-corrected chi connectivity index (χ3v) is 5.01. The van der Waals surface area contributed by atoms with Gasteiger partial charge in [-0.25, -0.2) is 4.99 Å². The summed E-state index contributed by atoms with van der Waals surface area (Å²) >= 11 is 1.28. The molecule has 0 aromatic heterocycles. The smallest absolute Gasteiger partial charge is 0.264 e. The average molecular weight is 426 g/mol. The standard InChI is InChI=1S/C22H23N3O4S/c1-4-23-20(26)13-29-17-9-8-15(11-18(17)28-3)12-19-21(27)25-22(30-19)24-16-7-5-6-14(2)10-16/h5-12H,4,13H2,1-3H3,(H,23,26)(H,24,25,27)/b19-12-. The van der Waals surface area contributed by atoms with Crippen LogP contribution in [0.3, 0.4) is 0 Å². The number of ether oxygens (including phenoxy) is 2. The lowest BCUT2D eigenvalue weighted by atomic mass is 10.2. The number of aryl methyl sites for hydroxylation is 1. The molecule has 1 fully saturated rings. The van der Waals surface area contributed by atoms with Crippen LogP contribution in [0.1, 0.15) is 18.1 Å². The number of nitrogens with zero attached hydrogens (tertiary/aromatic N) is 1. The van der Waals surface area contributed by atoms with Crippen LogP contribution in [0.25, 0.3) is 6.08 Å². The van der Waals surface area contributed by atoms with Gasteiger partial charge in [-0.05, 0) is 67.1 Å². The molecule has 2 aromatic rings. The van der Waals surface area contributed by atoms with Gasteiger partial charge in [-0.3, -0.25) is 9.59 Å². The molecular weight excluding hydrogens is 402 g/mol. The summed E-state index contributed by atoms with van der Waals surface area (Å²) in [5.41, 5.74) is 2.66. The molecule has 2 amide bonds. The summed E-state index contributed by atoms with van der Waals surface area (Å²) in [5.74, 6) is 0.522. The Morgan fingerprint density at radius 2 is 2.07 bits per heavy atom. The molecule has 1 aliphatic heterocycles. The number of amidine groups is 1. The molecule has 1 heterocycles. The second-order valence-corrected chi connectivity index (χ2v) is 7.50. The Balaban J connectivity index is 1.74. The summed E-state index contributed by atoms with van der Waals surface area (Å²) < 4.78 is 10.9. The zero-order valence-corrected chi connectivity index (χ0v) is 17.8. The molecule has 7 nitrogen and oxygen atoms in total. The lowest BCUT2D eigenvalue weighted by Crippen LogP contribution is -2.28. The fourth-order valence-electron chi connectivity index (χ4n) is 2.73. The van der Waals surface area contributed by atoms with E-state index in [9.17, 15) is 9.59 Å². The molecule has 2 N–H and O–H groups in total. The number of amides is 2. The third-order valence-electron chi connectivity index (χ3n) is 4.10. The van der Waals surface area contributed by atoms with Crippen LogP contribution in [0.5, 0.6) is 11.5 Å². The molecule has 0 atom stereocenters. The minimum Gasteiger partial charge on any atom is -0.493 e. The van der Waals surface area contributed by atoms with Crippen molar-refractivity contribution in [2.24, 2.45) is 4.99 Å². The van der Waals surface area contributed by atoms with E-state index in [1.54, 1.807) is 24.3 Å². The molecule has 1 aliphatic rings. The molecule has 156 valence electrons. The second kappa shape index (κ2) is 9.98. The number of aliphatic imine (C=N–C) groups is 1. The van der Waals surface area contributed by atoms with Crippen molar-refractivity contribution in [3.8, 4) is 11.5 Å². The highest BCUT2D eigenvalue weighted by molar-refractivity contribution is 8.18. The van der Waals surface area contributed by atoms with Gasteiger partial charge in [-0.2, -0.15) is 0 Å². The number of rotatable bonds is 7. The second-order valence-electron chi connectivity index (χ2n) is 6.47. The largest absolute Gasteiger partial charge is 0.493 e. The molecule has 0 saturated carbocycles. The van der Waals surface area contributed by atoms with E-state index in [-0.39, 0.29) is 18.4 Å². The van der Waals surface area contributed by atoms with Crippen LogP contribution in [0.4, 0.5) is 5.69 Å². The third kappa shape index (κ3) is 5.64. The summed E-state index contributed by atoms with van der Waals surface area (Å²) in [7, 11) is 1.52. The number of likely N-dealkylation sites (N-methyl/N-ethyl adjacent to an activating group) is 1. The van der Waals surface area contributed by atoms with Crippen molar-refractivity contribution in [2.75, 3.05) is 20.3 Å². The lowest BCUT2D eigenvalue weighted by Gasteiger charge is -2.11. The minimum absolute atomic E-state index is 0.0956. The number of nitrogens with one attached hydrogen (secondary N) is 2. The highest BCUT2D eigenvalue weighted by atomic mass is 32.2. The van der Waals surface area contributed by atoms with Gasteiger partial charge in [0.25, 0.3) is 11.8 Å². The first-order valence-corrected chi connectivity index (χ1v) is 10.2. The monoisotopic (exact) mass is 425 g/mol. The Hall–Kier alpha value is -3.26. The van der Waals surface area contributed by atoms with Gasteiger partial charge in [0.15, 0.2) is 23.3 Å². The van der Waals surface area contributed by atoms with Gasteiger partial charge in [-0.15, -0.1) is 0 Å². The van der Waals surface area contributed by atoms with E-state index in [0.29, 0.717) is 28.1 Å². The number of carbonyl (C=O) groups is 2. The van der Waals surface area contributed by atoms with Crippen molar-refractivity contribution in [3.05, 3.63) is 58.5 Å². The summed E-state index contributed by atoms with van der Waals surface area (Å²) in [5, 5.41) is 5.98. The van der Waals surface area contributed by atoms with Crippen LogP contribution >= 0.6 is 11.8 Å². The number of methoxy groups -OCH3 is 1. The highest BCUT2D eigenvalue weighted by Gasteiger charge is 2.24. The highest BCUT2D eigenvalue weighted by Crippen LogP contribution is 2.32. The fraction of sp³-hybridized carbons (Fsp3) is 0.227. The Bertz CT molecular complexity index is 1020. The van der Waals surface area contributed by atoms with Crippen LogP contribution in [-0.4, -0.2) is 37.2 Å². The van der Waals surface area contributed by atoms with Crippen LogP contribution < -0.4 is 20.1 Å². The zero-order valence-electron chi connectivity index (χ0n) is 17.0. The first-order chi connectivity index (χ1) is 14.5. The Morgan fingerprint density at radius 3 is 2.80 bits per heavy atom. The normalized spacial score (nSPS) is 15.9. The molecule has 8 heteroatoms. The summed E-state index contributed by atoms with van der Waals surface area (Å²) in [6.45, 7) is 4.28. The van der Waals surface area contributed by atoms with Crippen molar-refractivity contribution in [2.45, 2.75) is 13.8 Å². The zero-order chi connectivity index (χ0) is 21.5. The molecule has 2 aromatic carbocycles. The van der Waals surface area contributed by atoms with Crippen molar-refractivity contribution in [1.82, 2.24) is 10.6 Å². The van der Waals surface area contributed by atoms with Gasteiger partial charge in [0.1, 0.15) is 0 Å². The van der Waals surface area contributed by atoms with E-state index in [2.05, 4.69) is 15.6 Å². The summed E-state index contributed by atoms with van der Waals surface area (Å²) in [6.07, 6.45) is 1.76. The van der Waals surface area contributed by atoms with Gasteiger partial charge >= 0.3 is 0 Å². The predicted molar refractivity (Wildman–Crippen MR) is 119 cm³/mol. The maximum atomic E-state index is 12.3. The first kappa shape index (κ1) is 21.4. The van der Waals surface area contributed by atoms with Crippen molar-refractivity contribution in [1.29, 1.82) is 0 Å². The van der Waals surface area contributed by atoms with Crippen molar-refractivity contribution >= 4 is 40.5 Å². The molecule has 0 bridgehead atoms. The lowest BCUT2D eigenvalue weighted by molar-refractivity contribution is -0.123. The van der Waals surface area contributed by atoms with Crippen molar-refractivity contribution in [3.63, 3.8) is 0 Å². The SMILES string of the molecule is CCNC(=O)COc1ccc(/C=C2\SC(=Nc3cccc(C)c3)NC2=O)cc1OC. The molecular formula is C22H23N3O4S. The molecule has 3 rings (SSSR count). The molecule has 0 spiro atoms. The molecule has 0 radical (unpaired) electrons. The van der Waals surface area contributed by atoms with E-state index in [1.807, 2.05) is 38.1 Å². The number of hydrogen-bond acceptors (Lipinski definition) is 6. The fourth-order valence-corrected chi connectivity index (χ4v) is 3.57.